The third kappa shape index (κ3) is 5.74. The largest absolute Gasteiger partial charge is 0.396 e. The number of amides is 1. The van der Waals surface area contributed by atoms with E-state index in [0.717, 1.165) is 19.5 Å². The summed E-state index contributed by atoms with van der Waals surface area (Å²) in [6.07, 6.45) is 1.65. The van der Waals surface area contributed by atoms with Crippen molar-refractivity contribution in [3.05, 3.63) is 0 Å². The Balaban J connectivity index is 3.85. The van der Waals surface area contributed by atoms with E-state index in [-0.39, 0.29) is 18.6 Å². The van der Waals surface area contributed by atoms with E-state index in [1.807, 2.05) is 13.8 Å². The van der Waals surface area contributed by atoms with E-state index < -0.39 is 0 Å². The number of likely N-dealkylation sites (N-methyl/N-ethyl adjacent to an activating group) is 1. The first kappa shape index (κ1) is 14.4. The fraction of sp³-hybridized carbons (Fsp3) is 0.909. The molecule has 0 saturated carbocycles. The molecular weight excluding hydrogens is 192 g/mol. The summed E-state index contributed by atoms with van der Waals surface area (Å²) in [5.74, 6) is 0.136. The molecule has 0 rings (SSSR count). The fourth-order valence-corrected chi connectivity index (χ4v) is 1.53. The minimum Gasteiger partial charge on any atom is -0.396 e. The van der Waals surface area contributed by atoms with Crippen LogP contribution in [0.25, 0.3) is 0 Å². The van der Waals surface area contributed by atoms with E-state index >= 15 is 0 Å². The van der Waals surface area contributed by atoms with Gasteiger partial charge >= 0.3 is 0 Å². The van der Waals surface area contributed by atoms with Crippen LogP contribution in [-0.4, -0.2) is 48.2 Å². The van der Waals surface area contributed by atoms with E-state index in [9.17, 15) is 4.79 Å². The normalized spacial score (nSPS) is 12.5. The van der Waals surface area contributed by atoms with Gasteiger partial charge in [0.15, 0.2) is 0 Å². The lowest BCUT2D eigenvalue weighted by molar-refractivity contribution is -0.130. The zero-order valence-corrected chi connectivity index (χ0v) is 10.1. The molecule has 4 nitrogen and oxygen atoms in total. The first-order valence-corrected chi connectivity index (χ1v) is 5.81. The summed E-state index contributed by atoms with van der Waals surface area (Å²) < 4.78 is 0. The van der Waals surface area contributed by atoms with Gasteiger partial charge in [0, 0.05) is 25.7 Å². The highest BCUT2D eigenvalue weighted by Crippen LogP contribution is 1.96. The van der Waals surface area contributed by atoms with E-state index in [2.05, 4.69) is 12.2 Å². The van der Waals surface area contributed by atoms with Gasteiger partial charge in [-0.15, -0.1) is 0 Å². The van der Waals surface area contributed by atoms with Crippen molar-refractivity contribution in [2.75, 3.05) is 26.2 Å². The van der Waals surface area contributed by atoms with Crippen LogP contribution in [0.3, 0.4) is 0 Å². The molecule has 0 aliphatic rings. The second-order valence-electron chi connectivity index (χ2n) is 3.56. The molecule has 0 radical (unpaired) electrons. The molecule has 1 unspecified atom stereocenters. The van der Waals surface area contributed by atoms with Crippen molar-refractivity contribution >= 4 is 5.91 Å². The van der Waals surface area contributed by atoms with Crippen molar-refractivity contribution in [1.82, 2.24) is 10.2 Å². The topological polar surface area (TPSA) is 52.6 Å². The Morgan fingerprint density at radius 2 is 1.93 bits per heavy atom. The van der Waals surface area contributed by atoms with Crippen LogP contribution in [0.2, 0.25) is 0 Å². The minimum atomic E-state index is 0.136. The molecule has 2 N–H and O–H groups in total. The van der Waals surface area contributed by atoms with Crippen LogP contribution in [0.5, 0.6) is 0 Å². The van der Waals surface area contributed by atoms with Crippen LogP contribution in [-0.2, 0) is 4.79 Å². The van der Waals surface area contributed by atoms with Crippen molar-refractivity contribution in [2.45, 2.75) is 39.7 Å². The second-order valence-corrected chi connectivity index (χ2v) is 3.56. The van der Waals surface area contributed by atoms with Gasteiger partial charge in [-0.1, -0.05) is 6.92 Å². The Morgan fingerprint density at radius 1 is 1.33 bits per heavy atom. The SMILES string of the molecule is CCC(CCO)NCC(=O)N(CC)CC. The molecule has 0 saturated heterocycles. The number of carbonyl (C=O) groups is 1. The molecule has 0 fully saturated rings. The Morgan fingerprint density at radius 3 is 2.33 bits per heavy atom. The van der Waals surface area contributed by atoms with Gasteiger partial charge in [-0.25, -0.2) is 0 Å². The predicted octanol–water partition coefficient (Wildman–Crippen LogP) is 0.605. The molecule has 0 aromatic carbocycles. The van der Waals surface area contributed by atoms with Gasteiger partial charge in [-0.05, 0) is 26.7 Å². The molecule has 0 heterocycles. The highest BCUT2D eigenvalue weighted by atomic mass is 16.3. The second kappa shape index (κ2) is 8.68. The molecule has 0 aliphatic carbocycles. The zero-order valence-electron chi connectivity index (χ0n) is 10.1. The lowest BCUT2D eigenvalue weighted by Crippen LogP contribution is -2.41. The average molecular weight is 216 g/mol. The third-order valence-electron chi connectivity index (χ3n) is 2.63. The lowest BCUT2D eigenvalue weighted by Gasteiger charge is -2.21. The summed E-state index contributed by atoms with van der Waals surface area (Å²) in [7, 11) is 0. The number of aliphatic hydroxyl groups excluding tert-OH is 1. The van der Waals surface area contributed by atoms with Crippen LogP contribution in [0, 0.1) is 0 Å². The van der Waals surface area contributed by atoms with Gasteiger partial charge in [0.1, 0.15) is 0 Å². The molecule has 0 spiro atoms. The number of hydrogen-bond donors (Lipinski definition) is 2. The maximum absolute atomic E-state index is 11.6. The van der Waals surface area contributed by atoms with E-state index in [4.69, 9.17) is 5.11 Å². The molecule has 0 bridgehead atoms. The van der Waals surface area contributed by atoms with Crippen LogP contribution in [0.4, 0.5) is 0 Å². The van der Waals surface area contributed by atoms with Crippen molar-refractivity contribution in [2.24, 2.45) is 0 Å². The fourth-order valence-electron chi connectivity index (χ4n) is 1.53. The number of rotatable bonds is 8. The molecule has 15 heavy (non-hydrogen) atoms. The standard InChI is InChI=1S/C11H24N2O2/c1-4-10(7-8-14)12-9-11(15)13(5-2)6-3/h10,12,14H,4-9H2,1-3H3. The summed E-state index contributed by atoms with van der Waals surface area (Å²) in [5, 5.41) is 12.0. The van der Waals surface area contributed by atoms with Crippen molar-refractivity contribution in [1.29, 1.82) is 0 Å². The molecule has 0 aliphatic heterocycles. The molecule has 1 amide bonds. The Bertz CT molecular complexity index is 170. The molecule has 90 valence electrons. The molecular formula is C11H24N2O2. The van der Waals surface area contributed by atoms with Crippen molar-refractivity contribution in [3.8, 4) is 0 Å². The average Bonchev–Trinajstić information content (AvgIpc) is 2.25. The molecule has 0 aromatic heterocycles. The first-order chi connectivity index (χ1) is 7.19. The van der Waals surface area contributed by atoms with Crippen LogP contribution in [0.1, 0.15) is 33.6 Å². The maximum atomic E-state index is 11.6. The Hall–Kier alpha value is -0.610. The van der Waals surface area contributed by atoms with Crippen LogP contribution < -0.4 is 5.32 Å². The predicted molar refractivity (Wildman–Crippen MR) is 61.7 cm³/mol. The van der Waals surface area contributed by atoms with Gasteiger partial charge in [0.05, 0.1) is 6.54 Å². The summed E-state index contributed by atoms with van der Waals surface area (Å²) in [6, 6.07) is 0.245. The Labute approximate surface area is 92.7 Å². The van der Waals surface area contributed by atoms with Gasteiger partial charge in [-0.3, -0.25) is 4.79 Å². The van der Waals surface area contributed by atoms with Gasteiger partial charge < -0.3 is 15.3 Å². The van der Waals surface area contributed by atoms with E-state index in [1.165, 1.54) is 0 Å². The number of hydrogen-bond acceptors (Lipinski definition) is 3. The van der Waals surface area contributed by atoms with E-state index in [0.29, 0.717) is 13.0 Å². The van der Waals surface area contributed by atoms with Gasteiger partial charge in [0.2, 0.25) is 5.91 Å². The third-order valence-corrected chi connectivity index (χ3v) is 2.63. The summed E-state index contributed by atoms with van der Waals surface area (Å²) in [4.78, 5) is 13.4. The Kier molecular flexibility index (Phi) is 8.33. The minimum absolute atomic E-state index is 0.136. The van der Waals surface area contributed by atoms with Crippen LogP contribution >= 0.6 is 0 Å². The molecule has 4 heteroatoms. The monoisotopic (exact) mass is 216 g/mol. The smallest absolute Gasteiger partial charge is 0.236 e. The zero-order chi connectivity index (χ0) is 11.7. The number of nitrogens with zero attached hydrogens (tertiary/aromatic N) is 1. The highest BCUT2D eigenvalue weighted by Gasteiger charge is 2.11. The van der Waals surface area contributed by atoms with E-state index in [1.54, 1.807) is 4.90 Å². The van der Waals surface area contributed by atoms with Crippen molar-refractivity contribution < 1.29 is 9.90 Å². The lowest BCUT2D eigenvalue weighted by atomic mass is 10.1. The first-order valence-electron chi connectivity index (χ1n) is 5.81. The van der Waals surface area contributed by atoms with Crippen molar-refractivity contribution in [3.63, 3.8) is 0 Å². The summed E-state index contributed by atoms with van der Waals surface area (Å²) in [5.41, 5.74) is 0. The van der Waals surface area contributed by atoms with Crippen LogP contribution in [0.15, 0.2) is 0 Å². The number of aliphatic hydroxyl groups is 1. The van der Waals surface area contributed by atoms with Gasteiger partial charge in [0.25, 0.3) is 0 Å². The molecule has 1 atom stereocenters. The van der Waals surface area contributed by atoms with Gasteiger partial charge in [-0.2, -0.15) is 0 Å². The summed E-state index contributed by atoms with van der Waals surface area (Å²) in [6.45, 7) is 8.07. The summed E-state index contributed by atoms with van der Waals surface area (Å²) >= 11 is 0. The maximum Gasteiger partial charge on any atom is 0.236 e. The highest BCUT2D eigenvalue weighted by molar-refractivity contribution is 5.78. The number of carbonyl (C=O) groups excluding carboxylic acids is 1. The number of nitrogens with one attached hydrogen (secondary N) is 1. The molecule has 0 aromatic rings. The quantitative estimate of drug-likeness (QED) is 0.625.